The SMILES string of the molecule is O=C(O)c1cccc2ccc(-c3ccccn3)nc12. The molecule has 1 N–H and O–H groups in total. The number of aromatic nitrogens is 2. The summed E-state index contributed by atoms with van der Waals surface area (Å²) in [6.45, 7) is 0. The van der Waals surface area contributed by atoms with Gasteiger partial charge in [-0.2, -0.15) is 0 Å². The van der Waals surface area contributed by atoms with E-state index in [4.69, 9.17) is 0 Å². The fraction of sp³-hybridized carbons (Fsp3) is 0. The van der Waals surface area contributed by atoms with Gasteiger partial charge < -0.3 is 5.11 Å². The van der Waals surface area contributed by atoms with Gasteiger partial charge in [-0.25, -0.2) is 9.78 Å². The molecule has 3 rings (SSSR count). The molecule has 3 aromatic rings. The maximum atomic E-state index is 11.2. The first-order valence-electron chi connectivity index (χ1n) is 5.80. The van der Waals surface area contributed by atoms with Crippen molar-refractivity contribution >= 4 is 16.9 Å². The van der Waals surface area contributed by atoms with E-state index in [9.17, 15) is 9.90 Å². The van der Waals surface area contributed by atoms with Gasteiger partial charge in [-0.3, -0.25) is 4.98 Å². The van der Waals surface area contributed by atoms with Gasteiger partial charge >= 0.3 is 5.97 Å². The Hall–Kier alpha value is -2.75. The van der Waals surface area contributed by atoms with Crippen LogP contribution in [-0.2, 0) is 0 Å². The van der Waals surface area contributed by atoms with Gasteiger partial charge in [0.05, 0.1) is 22.5 Å². The van der Waals surface area contributed by atoms with Crippen molar-refractivity contribution in [2.24, 2.45) is 0 Å². The first-order chi connectivity index (χ1) is 9.25. The molecule has 4 heteroatoms. The van der Waals surface area contributed by atoms with Gasteiger partial charge in [0.1, 0.15) is 0 Å². The second kappa shape index (κ2) is 4.49. The number of carbonyl (C=O) groups is 1. The minimum absolute atomic E-state index is 0.204. The molecule has 1 aromatic carbocycles. The Labute approximate surface area is 109 Å². The fourth-order valence-corrected chi connectivity index (χ4v) is 1.98. The molecule has 0 fully saturated rings. The Morgan fingerprint density at radius 2 is 1.84 bits per heavy atom. The first-order valence-corrected chi connectivity index (χ1v) is 5.80. The number of hydrogen-bond acceptors (Lipinski definition) is 3. The van der Waals surface area contributed by atoms with Crippen molar-refractivity contribution in [2.45, 2.75) is 0 Å². The van der Waals surface area contributed by atoms with Crippen LogP contribution in [0.1, 0.15) is 10.4 Å². The Bertz CT molecular complexity index is 754. The zero-order chi connectivity index (χ0) is 13.2. The summed E-state index contributed by atoms with van der Waals surface area (Å²) in [5.41, 5.74) is 2.08. The second-order valence-corrected chi connectivity index (χ2v) is 4.09. The summed E-state index contributed by atoms with van der Waals surface area (Å²) >= 11 is 0. The van der Waals surface area contributed by atoms with Crippen LogP contribution in [-0.4, -0.2) is 21.0 Å². The highest BCUT2D eigenvalue weighted by molar-refractivity contribution is 6.02. The number of pyridine rings is 2. The number of carboxylic acids is 1. The maximum Gasteiger partial charge on any atom is 0.337 e. The molecular formula is C15H10N2O2. The second-order valence-electron chi connectivity index (χ2n) is 4.09. The van der Waals surface area contributed by atoms with Crippen molar-refractivity contribution in [3.05, 3.63) is 60.3 Å². The van der Waals surface area contributed by atoms with Crippen molar-refractivity contribution in [3.8, 4) is 11.4 Å². The Balaban J connectivity index is 2.25. The molecule has 0 aliphatic rings. The molecule has 2 aromatic heterocycles. The summed E-state index contributed by atoms with van der Waals surface area (Å²) in [6, 6.07) is 14.4. The van der Waals surface area contributed by atoms with Crippen molar-refractivity contribution in [1.29, 1.82) is 0 Å². The van der Waals surface area contributed by atoms with E-state index in [0.29, 0.717) is 11.2 Å². The molecule has 0 radical (unpaired) electrons. The highest BCUT2D eigenvalue weighted by atomic mass is 16.4. The van der Waals surface area contributed by atoms with Crippen molar-refractivity contribution < 1.29 is 9.90 Å². The monoisotopic (exact) mass is 250 g/mol. The molecule has 92 valence electrons. The van der Waals surface area contributed by atoms with E-state index in [1.165, 1.54) is 0 Å². The number of fused-ring (bicyclic) bond motifs is 1. The van der Waals surface area contributed by atoms with Gasteiger partial charge in [-0.05, 0) is 24.3 Å². The van der Waals surface area contributed by atoms with Gasteiger partial charge in [0.2, 0.25) is 0 Å². The fourth-order valence-electron chi connectivity index (χ4n) is 1.98. The van der Waals surface area contributed by atoms with Crippen molar-refractivity contribution in [1.82, 2.24) is 9.97 Å². The third kappa shape index (κ3) is 2.04. The highest BCUT2D eigenvalue weighted by Crippen LogP contribution is 2.21. The molecule has 0 atom stereocenters. The van der Waals surface area contributed by atoms with Crippen LogP contribution in [0.2, 0.25) is 0 Å². The minimum atomic E-state index is -0.976. The summed E-state index contributed by atoms with van der Waals surface area (Å²) in [5, 5.41) is 9.99. The molecule has 0 saturated heterocycles. The molecule has 2 heterocycles. The van der Waals surface area contributed by atoms with E-state index in [1.807, 2.05) is 36.4 Å². The molecule has 0 aliphatic carbocycles. The van der Waals surface area contributed by atoms with E-state index < -0.39 is 5.97 Å². The van der Waals surface area contributed by atoms with E-state index >= 15 is 0 Å². The molecule has 0 unspecified atom stereocenters. The molecule has 0 bridgehead atoms. The molecule has 4 nitrogen and oxygen atoms in total. The van der Waals surface area contributed by atoms with E-state index in [1.54, 1.807) is 18.3 Å². The number of aromatic carboxylic acids is 1. The molecule has 0 amide bonds. The van der Waals surface area contributed by atoms with Crippen LogP contribution in [0.4, 0.5) is 0 Å². The third-order valence-corrected chi connectivity index (χ3v) is 2.88. The van der Waals surface area contributed by atoms with E-state index in [-0.39, 0.29) is 5.56 Å². The summed E-state index contributed by atoms with van der Waals surface area (Å²) in [5.74, 6) is -0.976. The summed E-state index contributed by atoms with van der Waals surface area (Å²) in [4.78, 5) is 19.9. The van der Waals surface area contributed by atoms with Crippen LogP contribution >= 0.6 is 0 Å². The standard InChI is InChI=1S/C15H10N2O2/c18-15(19)11-5-3-4-10-7-8-13(17-14(10)11)12-6-1-2-9-16-12/h1-9H,(H,18,19). The van der Waals surface area contributed by atoms with Crippen LogP contribution in [0.15, 0.2) is 54.7 Å². The lowest BCUT2D eigenvalue weighted by atomic mass is 10.1. The molecule has 0 spiro atoms. The highest BCUT2D eigenvalue weighted by Gasteiger charge is 2.10. The lowest BCUT2D eigenvalue weighted by molar-refractivity contribution is 0.0699. The average Bonchev–Trinajstić information content (AvgIpc) is 2.47. The Kier molecular flexibility index (Phi) is 2.68. The smallest absolute Gasteiger partial charge is 0.337 e. The molecule has 0 aliphatic heterocycles. The van der Waals surface area contributed by atoms with Gasteiger partial charge in [-0.1, -0.05) is 24.3 Å². The van der Waals surface area contributed by atoms with E-state index in [0.717, 1.165) is 11.1 Å². The van der Waals surface area contributed by atoms with E-state index in [2.05, 4.69) is 9.97 Å². The Morgan fingerprint density at radius 1 is 0.947 bits per heavy atom. The normalized spacial score (nSPS) is 10.5. The minimum Gasteiger partial charge on any atom is -0.478 e. The summed E-state index contributed by atoms with van der Waals surface area (Å²) in [7, 11) is 0. The number of hydrogen-bond donors (Lipinski definition) is 1. The largest absolute Gasteiger partial charge is 0.478 e. The van der Waals surface area contributed by atoms with Gasteiger partial charge in [0, 0.05) is 11.6 Å². The van der Waals surface area contributed by atoms with Gasteiger partial charge in [0.25, 0.3) is 0 Å². The first kappa shape index (κ1) is 11.3. The number of benzene rings is 1. The van der Waals surface area contributed by atoms with Crippen molar-refractivity contribution in [2.75, 3.05) is 0 Å². The van der Waals surface area contributed by atoms with Crippen LogP contribution in [0.25, 0.3) is 22.3 Å². The molecule has 19 heavy (non-hydrogen) atoms. The quantitative estimate of drug-likeness (QED) is 0.759. The van der Waals surface area contributed by atoms with Crippen LogP contribution < -0.4 is 0 Å². The average molecular weight is 250 g/mol. The van der Waals surface area contributed by atoms with Crippen molar-refractivity contribution in [3.63, 3.8) is 0 Å². The van der Waals surface area contributed by atoms with Crippen LogP contribution in [0, 0.1) is 0 Å². The third-order valence-electron chi connectivity index (χ3n) is 2.88. The summed E-state index contributed by atoms with van der Waals surface area (Å²) in [6.07, 6.45) is 1.68. The molecule has 0 saturated carbocycles. The van der Waals surface area contributed by atoms with Gasteiger partial charge in [0.15, 0.2) is 0 Å². The lowest BCUT2D eigenvalue weighted by Gasteiger charge is -2.04. The molecular weight excluding hydrogens is 240 g/mol. The zero-order valence-electron chi connectivity index (χ0n) is 9.95. The lowest BCUT2D eigenvalue weighted by Crippen LogP contribution is -1.99. The van der Waals surface area contributed by atoms with Crippen LogP contribution in [0.3, 0.4) is 0 Å². The maximum absolute atomic E-state index is 11.2. The van der Waals surface area contributed by atoms with Crippen LogP contribution in [0.5, 0.6) is 0 Å². The predicted octanol–water partition coefficient (Wildman–Crippen LogP) is 3.00. The summed E-state index contributed by atoms with van der Waals surface area (Å²) < 4.78 is 0. The predicted molar refractivity (Wildman–Crippen MR) is 71.9 cm³/mol. The number of carboxylic acid groups (broad SMARTS) is 1. The zero-order valence-corrected chi connectivity index (χ0v) is 9.95. The number of rotatable bonds is 2. The number of nitrogens with zero attached hydrogens (tertiary/aromatic N) is 2. The number of para-hydroxylation sites is 1. The topological polar surface area (TPSA) is 63.1 Å². The van der Waals surface area contributed by atoms with Gasteiger partial charge in [-0.15, -0.1) is 0 Å². The Morgan fingerprint density at radius 3 is 2.58 bits per heavy atom.